The van der Waals surface area contributed by atoms with Gasteiger partial charge in [-0.3, -0.25) is 9.59 Å². The first-order valence-corrected chi connectivity index (χ1v) is 13.2. The maximum absolute atomic E-state index is 13.0. The molecular formula is C27H33N7O3. The van der Waals surface area contributed by atoms with Crippen LogP contribution >= 0.6 is 0 Å². The van der Waals surface area contributed by atoms with Crippen molar-refractivity contribution in [1.82, 2.24) is 29.3 Å². The molecule has 2 amide bonds. The van der Waals surface area contributed by atoms with E-state index in [0.29, 0.717) is 36.1 Å². The topological polar surface area (TPSA) is 116 Å². The Morgan fingerprint density at radius 1 is 1.03 bits per heavy atom. The lowest BCUT2D eigenvalue weighted by Crippen LogP contribution is -2.47. The van der Waals surface area contributed by atoms with Crippen molar-refractivity contribution in [2.75, 3.05) is 32.5 Å². The number of nitrogens with zero attached hydrogens (tertiary/aromatic N) is 6. The number of hydrogen-bond donors (Lipinski definition) is 2. The number of carbonyl (C=O) groups is 2. The summed E-state index contributed by atoms with van der Waals surface area (Å²) in [6, 6.07) is 5.64. The van der Waals surface area contributed by atoms with E-state index in [4.69, 9.17) is 4.98 Å². The monoisotopic (exact) mass is 503 g/mol. The molecule has 10 heteroatoms. The number of rotatable bonds is 5. The van der Waals surface area contributed by atoms with Gasteiger partial charge in [0.05, 0.1) is 11.7 Å². The molecule has 3 aromatic heterocycles. The normalized spacial score (nSPS) is 23.5. The van der Waals surface area contributed by atoms with E-state index in [2.05, 4.69) is 19.9 Å². The summed E-state index contributed by atoms with van der Waals surface area (Å²) in [6.07, 6.45) is 9.33. The first-order chi connectivity index (χ1) is 17.9. The molecule has 1 saturated heterocycles. The van der Waals surface area contributed by atoms with Crippen LogP contribution in [0.1, 0.15) is 65.4 Å². The lowest BCUT2D eigenvalue weighted by atomic mass is 9.95. The van der Waals surface area contributed by atoms with Gasteiger partial charge in [0.1, 0.15) is 17.2 Å². The first-order valence-electron chi connectivity index (χ1n) is 13.2. The van der Waals surface area contributed by atoms with Crippen LogP contribution in [0.5, 0.6) is 0 Å². The second-order valence-corrected chi connectivity index (χ2v) is 10.9. The van der Waals surface area contributed by atoms with Gasteiger partial charge in [-0.2, -0.15) is 4.98 Å². The van der Waals surface area contributed by atoms with E-state index in [1.807, 2.05) is 11.0 Å². The average Bonchev–Trinajstić information content (AvgIpc) is 3.59. The summed E-state index contributed by atoms with van der Waals surface area (Å²) in [5.41, 5.74) is 1.90. The molecule has 0 aromatic carbocycles. The molecule has 2 bridgehead atoms. The fraction of sp³-hybridized carbons (Fsp3) is 0.519. The largest absolute Gasteiger partial charge is 0.392 e. The number of aliphatic hydroxyl groups is 1. The maximum Gasteiger partial charge on any atom is 0.270 e. The number of pyridine rings is 1. The Morgan fingerprint density at radius 3 is 2.41 bits per heavy atom. The molecule has 0 unspecified atom stereocenters. The molecule has 37 heavy (non-hydrogen) atoms. The zero-order valence-electron chi connectivity index (χ0n) is 21.3. The summed E-state index contributed by atoms with van der Waals surface area (Å²) >= 11 is 0. The summed E-state index contributed by atoms with van der Waals surface area (Å²) < 4.78 is 2.08. The van der Waals surface area contributed by atoms with E-state index in [0.717, 1.165) is 49.6 Å². The van der Waals surface area contributed by atoms with Crippen molar-refractivity contribution in [1.29, 1.82) is 0 Å². The van der Waals surface area contributed by atoms with Crippen molar-refractivity contribution in [2.24, 2.45) is 11.8 Å². The van der Waals surface area contributed by atoms with Crippen molar-refractivity contribution >= 4 is 34.6 Å². The summed E-state index contributed by atoms with van der Waals surface area (Å²) in [6.45, 7) is 1.20. The number of amides is 2. The Morgan fingerprint density at radius 2 is 1.76 bits per heavy atom. The molecular weight excluding hydrogens is 470 g/mol. The molecule has 3 aliphatic rings. The van der Waals surface area contributed by atoms with Gasteiger partial charge in [-0.15, -0.1) is 0 Å². The second-order valence-electron chi connectivity index (χ2n) is 10.9. The minimum absolute atomic E-state index is 0.0439. The number of aromatic nitrogens is 4. The van der Waals surface area contributed by atoms with E-state index in [1.165, 1.54) is 0 Å². The minimum atomic E-state index is -0.280. The van der Waals surface area contributed by atoms with Gasteiger partial charge in [-0.1, -0.05) is 12.8 Å². The molecule has 6 rings (SSSR count). The average molecular weight is 504 g/mol. The van der Waals surface area contributed by atoms with Gasteiger partial charge in [0.15, 0.2) is 0 Å². The zero-order chi connectivity index (χ0) is 25.7. The Bertz CT molecular complexity index is 1320. The first kappa shape index (κ1) is 23.8. The van der Waals surface area contributed by atoms with Crippen molar-refractivity contribution in [2.45, 2.75) is 50.7 Å². The van der Waals surface area contributed by atoms with Crippen LogP contribution in [0.15, 0.2) is 30.6 Å². The Hall–Kier alpha value is -3.53. The zero-order valence-corrected chi connectivity index (χ0v) is 21.3. The number of piperidine rings is 1. The Balaban J connectivity index is 1.22. The molecule has 3 atom stereocenters. The number of hydrogen-bond acceptors (Lipinski definition) is 7. The Kier molecular flexibility index (Phi) is 6.06. The lowest BCUT2D eigenvalue weighted by molar-refractivity contribution is 0.0166. The standard InChI is InChI=1S/C27H33N7O3/c1-32(2)26(37)21-11-19-13-29-27(31-24(19)34(21)20-5-3-4-6-20)30-22-10-9-16(12-28-22)25(36)33-14-17-7-8-18(15-33)23(17)35/h9-13,17-18,20,23,35H,3-8,14-15H2,1-2H3,(H,28,29,30,31)/t17-,18+,23+. The van der Waals surface area contributed by atoms with Crippen LogP contribution in [-0.4, -0.2) is 79.5 Å². The van der Waals surface area contributed by atoms with E-state index in [9.17, 15) is 14.7 Å². The van der Waals surface area contributed by atoms with Crippen molar-refractivity contribution < 1.29 is 14.7 Å². The van der Waals surface area contributed by atoms with Gasteiger partial charge < -0.3 is 24.8 Å². The van der Waals surface area contributed by atoms with Crippen LogP contribution in [0.2, 0.25) is 0 Å². The molecule has 2 saturated carbocycles. The van der Waals surface area contributed by atoms with Gasteiger partial charge in [-0.25, -0.2) is 9.97 Å². The predicted octanol–water partition coefficient (Wildman–Crippen LogP) is 3.23. The fourth-order valence-corrected chi connectivity index (χ4v) is 6.25. The highest BCUT2D eigenvalue weighted by molar-refractivity contribution is 5.98. The molecule has 3 aromatic rings. The SMILES string of the molecule is CN(C)C(=O)c1cc2cnc(Nc3ccc(C(=O)N4C[C@H]5CC[C@@H](C4)[C@H]5O)cn3)nc2n1C1CCCC1. The van der Waals surface area contributed by atoms with E-state index < -0.39 is 0 Å². The third-order valence-corrected chi connectivity index (χ3v) is 8.21. The summed E-state index contributed by atoms with van der Waals surface area (Å²) in [4.78, 5) is 43.0. The maximum atomic E-state index is 13.0. The van der Waals surface area contributed by atoms with Gasteiger partial charge >= 0.3 is 0 Å². The van der Waals surface area contributed by atoms with Gasteiger partial charge in [-0.05, 0) is 43.9 Å². The summed E-state index contributed by atoms with van der Waals surface area (Å²) in [5, 5.41) is 14.2. The number of nitrogens with one attached hydrogen (secondary N) is 1. The van der Waals surface area contributed by atoms with Crippen LogP contribution in [0.25, 0.3) is 11.0 Å². The highest BCUT2D eigenvalue weighted by atomic mass is 16.3. The van der Waals surface area contributed by atoms with E-state index in [-0.39, 0.29) is 35.8 Å². The van der Waals surface area contributed by atoms with E-state index in [1.54, 1.807) is 43.5 Å². The lowest BCUT2D eigenvalue weighted by Gasteiger charge is -2.35. The van der Waals surface area contributed by atoms with Gasteiger partial charge in [0.25, 0.3) is 11.8 Å². The third kappa shape index (κ3) is 4.33. The smallest absolute Gasteiger partial charge is 0.270 e. The number of likely N-dealkylation sites (tertiary alicyclic amines) is 1. The molecule has 3 fully saturated rings. The molecule has 2 N–H and O–H groups in total. The molecule has 0 radical (unpaired) electrons. The van der Waals surface area contributed by atoms with Gasteiger partial charge in [0, 0.05) is 62.8 Å². The molecule has 1 aliphatic heterocycles. The van der Waals surface area contributed by atoms with Crippen LogP contribution in [0, 0.1) is 11.8 Å². The number of fused-ring (bicyclic) bond motifs is 3. The van der Waals surface area contributed by atoms with Crippen LogP contribution < -0.4 is 5.32 Å². The number of anilines is 2. The predicted molar refractivity (Wildman–Crippen MR) is 139 cm³/mol. The molecule has 0 spiro atoms. The van der Waals surface area contributed by atoms with E-state index >= 15 is 0 Å². The van der Waals surface area contributed by atoms with Crippen molar-refractivity contribution in [3.8, 4) is 0 Å². The second kappa shape index (κ2) is 9.41. The molecule has 2 aliphatic carbocycles. The molecule has 4 heterocycles. The minimum Gasteiger partial charge on any atom is -0.392 e. The fourth-order valence-electron chi connectivity index (χ4n) is 6.25. The number of carbonyl (C=O) groups excluding carboxylic acids is 2. The highest BCUT2D eigenvalue weighted by Crippen LogP contribution is 2.37. The molecule has 194 valence electrons. The number of aliphatic hydroxyl groups excluding tert-OH is 1. The third-order valence-electron chi connectivity index (χ3n) is 8.21. The van der Waals surface area contributed by atoms with Crippen molar-refractivity contribution in [3.63, 3.8) is 0 Å². The molecule has 10 nitrogen and oxygen atoms in total. The quantitative estimate of drug-likeness (QED) is 0.549. The van der Waals surface area contributed by atoms with Crippen LogP contribution in [0.4, 0.5) is 11.8 Å². The Labute approximate surface area is 215 Å². The summed E-state index contributed by atoms with van der Waals surface area (Å²) in [7, 11) is 3.52. The van der Waals surface area contributed by atoms with Crippen molar-refractivity contribution in [3.05, 3.63) is 41.9 Å². The summed E-state index contributed by atoms with van der Waals surface area (Å²) in [5.74, 6) is 1.20. The van der Waals surface area contributed by atoms with Crippen LogP contribution in [0.3, 0.4) is 0 Å². The highest BCUT2D eigenvalue weighted by Gasteiger charge is 2.42. The van der Waals surface area contributed by atoms with Gasteiger partial charge in [0.2, 0.25) is 5.95 Å². The van der Waals surface area contributed by atoms with Crippen LogP contribution in [-0.2, 0) is 0 Å².